The molecular weight excluding hydrogens is 377 g/mol. The van der Waals surface area contributed by atoms with Gasteiger partial charge < -0.3 is 14.4 Å². The van der Waals surface area contributed by atoms with Gasteiger partial charge >= 0.3 is 5.97 Å². The number of hydrazine groups is 1. The Morgan fingerprint density at radius 1 is 1.10 bits per heavy atom. The summed E-state index contributed by atoms with van der Waals surface area (Å²) in [5, 5.41) is 8.86. The monoisotopic (exact) mass is 403 g/mol. The molecule has 1 aliphatic heterocycles. The van der Waals surface area contributed by atoms with Crippen molar-refractivity contribution in [3.8, 4) is 0 Å². The lowest BCUT2D eigenvalue weighted by molar-refractivity contribution is 0.0653. The highest BCUT2D eigenvalue weighted by atomic mass is 19.1. The van der Waals surface area contributed by atoms with Gasteiger partial charge in [-0.05, 0) is 49.1 Å². The summed E-state index contributed by atoms with van der Waals surface area (Å²) in [7, 11) is 1.68. The fraction of sp³-hybridized carbons (Fsp3) is 0.429. The number of benzene rings is 1. The van der Waals surface area contributed by atoms with Crippen LogP contribution in [0.1, 0.15) is 64.8 Å². The molecule has 0 spiro atoms. The molecule has 1 fully saturated rings. The minimum absolute atomic E-state index is 0.0398. The van der Waals surface area contributed by atoms with Gasteiger partial charge in [-0.3, -0.25) is 15.6 Å². The SMILES string of the molecule is CN(CCCCCC1CC(c2ccc(F)cc2)NN1)C(=O)c1ccc(C(=O)O)o1. The van der Waals surface area contributed by atoms with Crippen LogP contribution in [0.25, 0.3) is 0 Å². The molecule has 2 aromatic rings. The molecule has 3 N–H and O–H groups in total. The molecule has 8 heteroatoms. The van der Waals surface area contributed by atoms with Crippen molar-refractivity contribution >= 4 is 11.9 Å². The summed E-state index contributed by atoms with van der Waals surface area (Å²) in [6.45, 7) is 0.580. The Kier molecular flexibility index (Phi) is 7.00. The fourth-order valence-electron chi connectivity index (χ4n) is 3.50. The Morgan fingerprint density at radius 2 is 1.83 bits per heavy atom. The second-order valence-electron chi connectivity index (χ2n) is 7.37. The largest absolute Gasteiger partial charge is 0.475 e. The molecule has 1 aromatic heterocycles. The molecule has 2 atom stereocenters. The number of nitrogens with one attached hydrogen (secondary N) is 2. The lowest BCUT2D eigenvalue weighted by atomic mass is 9.99. The van der Waals surface area contributed by atoms with Crippen molar-refractivity contribution in [3.05, 3.63) is 59.3 Å². The number of hydrogen-bond acceptors (Lipinski definition) is 5. The summed E-state index contributed by atoms with van der Waals surface area (Å²) in [4.78, 5) is 24.6. The van der Waals surface area contributed by atoms with Gasteiger partial charge in [-0.15, -0.1) is 0 Å². The minimum atomic E-state index is -1.19. The van der Waals surface area contributed by atoms with E-state index in [1.807, 2.05) is 12.1 Å². The number of carbonyl (C=O) groups is 2. The average molecular weight is 403 g/mol. The molecule has 7 nitrogen and oxygen atoms in total. The van der Waals surface area contributed by atoms with Gasteiger partial charge in [0.2, 0.25) is 5.76 Å². The van der Waals surface area contributed by atoms with E-state index in [1.54, 1.807) is 11.9 Å². The zero-order chi connectivity index (χ0) is 20.8. The van der Waals surface area contributed by atoms with Gasteiger partial charge in [0.1, 0.15) is 5.82 Å². The molecule has 29 heavy (non-hydrogen) atoms. The maximum Gasteiger partial charge on any atom is 0.371 e. The van der Waals surface area contributed by atoms with Crippen LogP contribution >= 0.6 is 0 Å². The van der Waals surface area contributed by atoms with E-state index in [-0.39, 0.29) is 29.3 Å². The molecule has 3 rings (SSSR count). The number of rotatable bonds is 9. The van der Waals surface area contributed by atoms with Crippen LogP contribution in [0.3, 0.4) is 0 Å². The van der Waals surface area contributed by atoms with Gasteiger partial charge in [0, 0.05) is 25.7 Å². The molecule has 1 saturated heterocycles. The van der Waals surface area contributed by atoms with Crippen LogP contribution in [0.15, 0.2) is 40.8 Å². The molecule has 0 aliphatic carbocycles. The number of unbranched alkanes of at least 4 members (excludes halogenated alkanes) is 2. The Labute approximate surface area is 168 Å². The molecule has 2 unspecified atom stereocenters. The van der Waals surface area contributed by atoms with Gasteiger partial charge in [0.15, 0.2) is 5.76 Å². The molecular formula is C21H26FN3O4. The number of carbonyl (C=O) groups excluding carboxylic acids is 1. The second-order valence-corrected chi connectivity index (χ2v) is 7.37. The Balaban J connectivity index is 1.33. The van der Waals surface area contributed by atoms with E-state index in [0.717, 1.165) is 37.7 Å². The summed E-state index contributed by atoms with van der Waals surface area (Å²) in [5.41, 5.74) is 7.64. The zero-order valence-corrected chi connectivity index (χ0v) is 16.4. The number of aromatic carboxylic acids is 1. The summed E-state index contributed by atoms with van der Waals surface area (Å²) in [5.74, 6) is -1.94. The topological polar surface area (TPSA) is 94.8 Å². The standard InChI is InChI=1S/C21H26FN3O4/c1-25(20(26)18-10-11-19(29-18)21(27)28)12-4-2-3-5-16-13-17(24-23-16)14-6-8-15(22)9-7-14/h6-11,16-17,23-24H,2-5,12-13H2,1H3,(H,27,28). The van der Waals surface area contributed by atoms with Crippen LogP contribution in [0.2, 0.25) is 0 Å². The second kappa shape index (κ2) is 9.67. The molecule has 0 saturated carbocycles. The van der Waals surface area contributed by atoms with Gasteiger partial charge in [-0.2, -0.15) is 0 Å². The van der Waals surface area contributed by atoms with Crippen LogP contribution in [0, 0.1) is 5.82 Å². The van der Waals surface area contributed by atoms with Crippen molar-refractivity contribution in [1.82, 2.24) is 15.8 Å². The maximum atomic E-state index is 13.0. The summed E-state index contributed by atoms with van der Waals surface area (Å²) in [6.07, 6.45) is 4.84. The zero-order valence-electron chi connectivity index (χ0n) is 16.4. The third kappa shape index (κ3) is 5.65. The van der Waals surface area contributed by atoms with Crippen molar-refractivity contribution in [3.63, 3.8) is 0 Å². The van der Waals surface area contributed by atoms with Gasteiger partial charge in [0.25, 0.3) is 5.91 Å². The highest BCUT2D eigenvalue weighted by Gasteiger charge is 2.24. The molecule has 1 amide bonds. The van der Waals surface area contributed by atoms with Gasteiger partial charge in [-0.1, -0.05) is 25.0 Å². The molecule has 1 aliphatic rings. The smallest absolute Gasteiger partial charge is 0.371 e. The van der Waals surface area contributed by atoms with Crippen molar-refractivity contribution in [2.75, 3.05) is 13.6 Å². The molecule has 0 radical (unpaired) electrons. The van der Waals surface area contributed by atoms with Crippen LogP contribution < -0.4 is 10.9 Å². The average Bonchev–Trinajstić information content (AvgIpc) is 3.37. The lowest BCUT2D eigenvalue weighted by Gasteiger charge is -2.16. The van der Waals surface area contributed by atoms with Crippen molar-refractivity contribution in [2.45, 2.75) is 44.2 Å². The molecule has 2 heterocycles. The first-order valence-corrected chi connectivity index (χ1v) is 9.79. The predicted molar refractivity (Wildman–Crippen MR) is 105 cm³/mol. The quantitative estimate of drug-likeness (QED) is 0.556. The van der Waals surface area contributed by atoms with E-state index in [0.29, 0.717) is 12.6 Å². The highest BCUT2D eigenvalue weighted by molar-refractivity contribution is 5.93. The van der Waals surface area contributed by atoms with Crippen LogP contribution in [0.5, 0.6) is 0 Å². The van der Waals surface area contributed by atoms with Crippen molar-refractivity contribution in [1.29, 1.82) is 0 Å². The first kappa shape index (κ1) is 21.0. The normalized spacial score (nSPS) is 18.7. The van der Waals surface area contributed by atoms with Crippen LogP contribution in [-0.4, -0.2) is 41.5 Å². The maximum absolute atomic E-state index is 13.0. The molecule has 1 aromatic carbocycles. The first-order chi connectivity index (χ1) is 13.9. The number of nitrogens with zero attached hydrogens (tertiary/aromatic N) is 1. The fourth-order valence-corrected chi connectivity index (χ4v) is 3.50. The van der Waals surface area contributed by atoms with E-state index in [9.17, 15) is 14.0 Å². The lowest BCUT2D eigenvalue weighted by Crippen LogP contribution is -2.30. The Bertz CT molecular complexity index is 837. The van der Waals surface area contributed by atoms with E-state index < -0.39 is 5.97 Å². The van der Waals surface area contributed by atoms with Crippen molar-refractivity contribution in [2.24, 2.45) is 0 Å². The number of amides is 1. The van der Waals surface area contributed by atoms with E-state index in [2.05, 4.69) is 10.9 Å². The Morgan fingerprint density at radius 3 is 2.52 bits per heavy atom. The molecule has 0 bridgehead atoms. The number of carboxylic acid groups (broad SMARTS) is 1. The number of furan rings is 1. The number of halogens is 1. The van der Waals surface area contributed by atoms with E-state index >= 15 is 0 Å². The van der Waals surface area contributed by atoms with E-state index in [1.165, 1.54) is 24.3 Å². The predicted octanol–water partition coefficient (Wildman–Crippen LogP) is 3.36. The number of hydrogen-bond donors (Lipinski definition) is 3. The summed E-state index contributed by atoms with van der Waals surface area (Å²) < 4.78 is 18.1. The highest BCUT2D eigenvalue weighted by Crippen LogP contribution is 2.24. The minimum Gasteiger partial charge on any atom is -0.475 e. The van der Waals surface area contributed by atoms with Gasteiger partial charge in [-0.25, -0.2) is 9.18 Å². The Hall–Kier alpha value is -2.71. The van der Waals surface area contributed by atoms with E-state index in [4.69, 9.17) is 9.52 Å². The van der Waals surface area contributed by atoms with Crippen LogP contribution in [-0.2, 0) is 0 Å². The molecule has 156 valence electrons. The third-order valence-corrected chi connectivity index (χ3v) is 5.17. The van der Waals surface area contributed by atoms with Crippen molar-refractivity contribution < 1.29 is 23.5 Å². The third-order valence-electron chi connectivity index (χ3n) is 5.17. The summed E-state index contributed by atoms with van der Waals surface area (Å²) in [6, 6.07) is 9.80. The van der Waals surface area contributed by atoms with Crippen LogP contribution in [0.4, 0.5) is 4.39 Å². The number of carboxylic acids is 1. The first-order valence-electron chi connectivity index (χ1n) is 9.79. The van der Waals surface area contributed by atoms with Gasteiger partial charge in [0.05, 0.1) is 0 Å². The summed E-state index contributed by atoms with van der Waals surface area (Å²) >= 11 is 0.